The summed E-state index contributed by atoms with van der Waals surface area (Å²) in [5, 5.41) is 5.88. The molecule has 196 valence electrons. The lowest BCUT2D eigenvalue weighted by atomic mass is 9.93. The Kier molecular flexibility index (Phi) is 8.07. The van der Waals surface area contributed by atoms with Crippen LogP contribution in [0, 0.1) is 5.92 Å². The van der Waals surface area contributed by atoms with E-state index in [-0.39, 0.29) is 23.8 Å². The van der Waals surface area contributed by atoms with Gasteiger partial charge in [-0.3, -0.25) is 9.59 Å². The van der Waals surface area contributed by atoms with Crippen LogP contribution in [-0.2, 0) is 28.9 Å². The summed E-state index contributed by atoms with van der Waals surface area (Å²) in [5.74, 6) is 0.155. The minimum Gasteiger partial charge on any atom is -0.342 e. The van der Waals surface area contributed by atoms with E-state index >= 15 is 0 Å². The first kappa shape index (κ1) is 25.3. The van der Waals surface area contributed by atoms with E-state index in [1.807, 2.05) is 52.3 Å². The molecular weight excluding hydrogens is 464 g/mol. The molecule has 0 unspecified atom stereocenters. The number of benzene rings is 2. The van der Waals surface area contributed by atoms with Crippen LogP contribution in [0.1, 0.15) is 55.2 Å². The van der Waals surface area contributed by atoms with Gasteiger partial charge in [-0.15, -0.1) is 0 Å². The molecule has 2 aliphatic heterocycles. The summed E-state index contributed by atoms with van der Waals surface area (Å²) in [5.41, 5.74) is 4.39. The lowest BCUT2D eigenvalue weighted by Gasteiger charge is -2.37. The smallest absolute Gasteiger partial charge is 0.319 e. The van der Waals surface area contributed by atoms with Crippen molar-refractivity contribution in [2.75, 3.05) is 31.5 Å². The third-order valence-corrected chi connectivity index (χ3v) is 8.07. The van der Waals surface area contributed by atoms with Gasteiger partial charge in [-0.05, 0) is 80.2 Å². The van der Waals surface area contributed by atoms with Crippen molar-refractivity contribution < 1.29 is 14.4 Å². The second-order valence-corrected chi connectivity index (χ2v) is 10.7. The van der Waals surface area contributed by atoms with Gasteiger partial charge in [-0.2, -0.15) is 0 Å². The fraction of sp³-hybridized carbons (Fsp3) is 0.500. The van der Waals surface area contributed by atoms with E-state index in [1.54, 1.807) is 0 Å². The minimum absolute atomic E-state index is 0.00853. The van der Waals surface area contributed by atoms with Crippen molar-refractivity contribution in [2.45, 2.75) is 63.8 Å². The quantitative estimate of drug-likeness (QED) is 0.622. The Labute approximate surface area is 219 Å². The van der Waals surface area contributed by atoms with Gasteiger partial charge in [0, 0.05) is 44.2 Å². The first-order chi connectivity index (χ1) is 18.1. The maximum atomic E-state index is 13.6. The van der Waals surface area contributed by atoms with Crippen LogP contribution in [0.4, 0.5) is 10.5 Å². The fourth-order valence-corrected chi connectivity index (χ4v) is 5.96. The number of rotatable bonds is 6. The molecule has 0 radical (unpaired) electrons. The number of amides is 4. The maximum Gasteiger partial charge on any atom is 0.319 e. The molecule has 2 heterocycles. The summed E-state index contributed by atoms with van der Waals surface area (Å²) < 4.78 is 0. The van der Waals surface area contributed by atoms with E-state index in [1.165, 1.54) is 17.5 Å². The molecule has 0 saturated carbocycles. The Morgan fingerprint density at radius 1 is 0.811 bits per heavy atom. The number of nitrogens with one attached hydrogen (secondary N) is 2. The van der Waals surface area contributed by atoms with E-state index in [2.05, 4.69) is 16.7 Å². The molecule has 2 aromatic rings. The number of likely N-dealkylation sites (tertiary alicyclic amines) is 2. The summed E-state index contributed by atoms with van der Waals surface area (Å²) in [6.45, 7) is 2.81. The van der Waals surface area contributed by atoms with Crippen molar-refractivity contribution in [3.63, 3.8) is 0 Å². The molecule has 2 saturated heterocycles. The third kappa shape index (κ3) is 6.32. The predicted octanol–water partition coefficient (Wildman–Crippen LogP) is 4.16. The third-order valence-electron chi connectivity index (χ3n) is 8.07. The van der Waals surface area contributed by atoms with Gasteiger partial charge in [0.15, 0.2) is 0 Å². The molecule has 0 bridgehead atoms. The second kappa shape index (κ2) is 11.8. The first-order valence-electron chi connectivity index (χ1n) is 13.9. The molecule has 0 spiro atoms. The van der Waals surface area contributed by atoms with Crippen molar-refractivity contribution in [1.29, 1.82) is 0 Å². The molecule has 7 heteroatoms. The van der Waals surface area contributed by atoms with E-state index in [0.717, 1.165) is 56.4 Å². The SMILES string of the molecule is O=C(Nc1ccc2c(c1)CCC2)N[C@@H](Cc1ccccc1)C(=O)N1CCC(C(=O)N2CCCCC2)CC1. The minimum atomic E-state index is -0.675. The molecular formula is C30H38N4O3. The average molecular weight is 503 g/mol. The van der Waals surface area contributed by atoms with Gasteiger partial charge in [-0.1, -0.05) is 36.4 Å². The molecule has 0 aromatic heterocycles. The molecule has 3 aliphatic rings. The van der Waals surface area contributed by atoms with Crippen LogP contribution in [0.3, 0.4) is 0 Å². The molecule has 2 N–H and O–H groups in total. The second-order valence-electron chi connectivity index (χ2n) is 10.7. The average Bonchev–Trinajstić information content (AvgIpc) is 3.41. The highest BCUT2D eigenvalue weighted by atomic mass is 16.2. The zero-order valence-electron chi connectivity index (χ0n) is 21.6. The lowest BCUT2D eigenvalue weighted by molar-refractivity contribution is -0.142. The van der Waals surface area contributed by atoms with E-state index < -0.39 is 6.04 Å². The summed E-state index contributed by atoms with van der Waals surface area (Å²) in [6.07, 6.45) is 8.44. The molecule has 1 atom stereocenters. The Morgan fingerprint density at radius 3 is 2.30 bits per heavy atom. The molecule has 5 rings (SSSR count). The molecule has 37 heavy (non-hydrogen) atoms. The number of carbonyl (C=O) groups is 3. The Balaban J connectivity index is 1.21. The number of hydrogen-bond acceptors (Lipinski definition) is 3. The largest absolute Gasteiger partial charge is 0.342 e. The normalized spacial score (nSPS) is 18.7. The monoisotopic (exact) mass is 502 g/mol. The number of anilines is 1. The molecule has 4 amide bonds. The highest BCUT2D eigenvalue weighted by Gasteiger charge is 2.33. The lowest BCUT2D eigenvalue weighted by Crippen LogP contribution is -2.53. The van der Waals surface area contributed by atoms with E-state index in [4.69, 9.17) is 0 Å². The number of carbonyl (C=O) groups excluding carboxylic acids is 3. The zero-order valence-corrected chi connectivity index (χ0v) is 21.6. The van der Waals surface area contributed by atoms with Crippen LogP contribution < -0.4 is 10.6 Å². The Morgan fingerprint density at radius 2 is 1.54 bits per heavy atom. The van der Waals surface area contributed by atoms with Crippen molar-refractivity contribution in [3.8, 4) is 0 Å². The van der Waals surface area contributed by atoms with Crippen LogP contribution in [0.5, 0.6) is 0 Å². The molecule has 7 nitrogen and oxygen atoms in total. The van der Waals surface area contributed by atoms with Crippen LogP contribution in [0.2, 0.25) is 0 Å². The summed E-state index contributed by atoms with van der Waals surface area (Å²) >= 11 is 0. The Hall–Kier alpha value is -3.35. The highest BCUT2D eigenvalue weighted by Crippen LogP contribution is 2.25. The van der Waals surface area contributed by atoms with Gasteiger partial charge in [0.1, 0.15) is 6.04 Å². The van der Waals surface area contributed by atoms with E-state index in [0.29, 0.717) is 32.4 Å². The summed E-state index contributed by atoms with van der Waals surface area (Å²) in [7, 11) is 0. The van der Waals surface area contributed by atoms with Crippen LogP contribution in [-0.4, -0.2) is 59.9 Å². The van der Waals surface area contributed by atoms with Gasteiger partial charge in [-0.25, -0.2) is 4.79 Å². The number of urea groups is 1. The van der Waals surface area contributed by atoms with Crippen molar-refractivity contribution >= 4 is 23.5 Å². The highest BCUT2D eigenvalue weighted by molar-refractivity contribution is 5.94. The van der Waals surface area contributed by atoms with Crippen molar-refractivity contribution in [1.82, 2.24) is 15.1 Å². The van der Waals surface area contributed by atoms with Gasteiger partial charge < -0.3 is 20.4 Å². The van der Waals surface area contributed by atoms with Crippen LogP contribution >= 0.6 is 0 Å². The number of piperidine rings is 2. The number of nitrogens with zero attached hydrogens (tertiary/aromatic N) is 2. The molecule has 1 aliphatic carbocycles. The molecule has 2 aromatic carbocycles. The van der Waals surface area contributed by atoms with Crippen LogP contribution in [0.25, 0.3) is 0 Å². The fourth-order valence-electron chi connectivity index (χ4n) is 5.96. The summed E-state index contributed by atoms with van der Waals surface area (Å²) in [4.78, 5) is 43.4. The van der Waals surface area contributed by atoms with Crippen LogP contribution in [0.15, 0.2) is 48.5 Å². The van der Waals surface area contributed by atoms with Gasteiger partial charge >= 0.3 is 6.03 Å². The maximum absolute atomic E-state index is 13.6. The van der Waals surface area contributed by atoms with Gasteiger partial charge in [0.05, 0.1) is 0 Å². The van der Waals surface area contributed by atoms with Gasteiger partial charge in [0.2, 0.25) is 11.8 Å². The number of fused-ring (bicyclic) bond motifs is 1. The predicted molar refractivity (Wildman–Crippen MR) is 144 cm³/mol. The number of aryl methyl sites for hydroxylation is 2. The van der Waals surface area contributed by atoms with Gasteiger partial charge in [0.25, 0.3) is 0 Å². The molecule has 2 fully saturated rings. The Bertz CT molecular complexity index is 1110. The zero-order chi connectivity index (χ0) is 25.6. The summed E-state index contributed by atoms with van der Waals surface area (Å²) in [6, 6.07) is 14.8. The van der Waals surface area contributed by atoms with Crippen molar-refractivity contribution in [3.05, 3.63) is 65.2 Å². The van der Waals surface area contributed by atoms with E-state index in [9.17, 15) is 14.4 Å². The topological polar surface area (TPSA) is 81.8 Å². The van der Waals surface area contributed by atoms with Crippen molar-refractivity contribution in [2.24, 2.45) is 5.92 Å². The standard InChI is InChI=1S/C30H38N4O3/c35-28(33-16-5-2-6-17-33)24-14-18-34(19-15-24)29(36)27(20-22-8-3-1-4-9-22)32-30(37)31-26-13-12-23-10-7-11-25(23)21-26/h1,3-4,8-9,12-13,21,24,27H,2,5-7,10-11,14-20H2,(H2,31,32,37)/t27-/m0/s1. The first-order valence-corrected chi connectivity index (χ1v) is 13.9. The number of hydrogen-bond donors (Lipinski definition) is 2.